The van der Waals surface area contributed by atoms with Gasteiger partial charge in [0.25, 0.3) is 0 Å². The van der Waals surface area contributed by atoms with E-state index in [0.29, 0.717) is 24.7 Å². The zero-order valence-electron chi connectivity index (χ0n) is 11.3. The number of pyridine rings is 1. The lowest BCUT2D eigenvalue weighted by molar-refractivity contribution is 0.332. The first-order chi connectivity index (χ1) is 9.15. The van der Waals surface area contributed by atoms with Gasteiger partial charge in [-0.2, -0.15) is 0 Å². The Bertz CT molecular complexity index is 555. The van der Waals surface area contributed by atoms with Gasteiger partial charge in [0.05, 0.1) is 12.2 Å². The first-order valence-corrected chi connectivity index (χ1v) is 6.31. The van der Waals surface area contributed by atoms with Crippen LogP contribution in [0.5, 0.6) is 5.75 Å². The number of aryl methyl sites for hydroxylation is 2. The minimum absolute atomic E-state index is 0.568. The number of rotatable bonds is 5. The van der Waals surface area contributed by atoms with E-state index >= 15 is 0 Å². The van der Waals surface area contributed by atoms with Crippen LogP contribution in [-0.4, -0.2) is 18.1 Å². The van der Waals surface area contributed by atoms with E-state index < -0.39 is 0 Å². The number of ether oxygens (including phenoxy) is 1. The molecule has 0 fully saturated rings. The molecule has 1 aromatic heterocycles. The molecule has 1 aromatic carbocycles. The van der Waals surface area contributed by atoms with Gasteiger partial charge in [-0.25, -0.2) is 4.98 Å². The van der Waals surface area contributed by atoms with Crippen molar-refractivity contribution in [3.05, 3.63) is 47.7 Å². The summed E-state index contributed by atoms with van der Waals surface area (Å²) in [5.74, 6) is 1.60. The van der Waals surface area contributed by atoms with E-state index in [2.05, 4.69) is 10.3 Å². The molecular weight excluding hydrogens is 238 g/mol. The highest BCUT2D eigenvalue weighted by Gasteiger charge is 2.00. The number of nitrogens with two attached hydrogens (primary N) is 1. The quantitative estimate of drug-likeness (QED) is 0.809. The van der Waals surface area contributed by atoms with Gasteiger partial charge in [-0.05, 0) is 43.7 Å². The highest BCUT2D eigenvalue weighted by Crippen LogP contribution is 2.15. The third kappa shape index (κ3) is 3.88. The Balaban J connectivity index is 1.82. The second-order valence-electron chi connectivity index (χ2n) is 4.48. The SMILES string of the molecule is Cc1cccc(OCCNc2nc(C)ccc2N)c1. The lowest BCUT2D eigenvalue weighted by atomic mass is 10.2. The normalized spacial score (nSPS) is 10.2. The topological polar surface area (TPSA) is 60.2 Å². The van der Waals surface area contributed by atoms with Crippen molar-refractivity contribution in [2.45, 2.75) is 13.8 Å². The van der Waals surface area contributed by atoms with Crippen LogP contribution in [0.4, 0.5) is 11.5 Å². The number of aromatic nitrogens is 1. The molecule has 0 aliphatic rings. The Labute approximate surface area is 113 Å². The fourth-order valence-electron chi connectivity index (χ4n) is 1.75. The van der Waals surface area contributed by atoms with E-state index in [4.69, 9.17) is 10.5 Å². The molecule has 0 amide bonds. The monoisotopic (exact) mass is 257 g/mol. The molecule has 0 atom stereocenters. The first kappa shape index (κ1) is 13.2. The number of nitrogens with one attached hydrogen (secondary N) is 1. The van der Waals surface area contributed by atoms with Gasteiger partial charge in [0.1, 0.15) is 18.2 Å². The zero-order valence-corrected chi connectivity index (χ0v) is 11.3. The van der Waals surface area contributed by atoms with Crippen molar-refractivity contribution >= 4 is 11.5 Å². The molecule has 2 aromatic rings. The molecule has 0 aliphatic heterocycles. The predicted molar refractivity (Wildman–Crippen MR) is 78.6 cm³/mol. The molecule has 3 N–H and O–H groups in total. The fraction of sp³-hybridized carbons (Fsp3) is 0.267. The minimum Gasteiger partial charge on any atom is -0.492 e. The average molecular weight is 257 g/mol. The largest absolute Gasteiger partial charge is 0.492 e. The lowest BCUT2D eigenvalue weighted by Gasteiger charge is -2.10. The van der Waals surface area contributed by atoms with Crippen LogP contribution in [0.3, 0.4) is 0 Å². The Kier molecular flexibility index (Phi) is 4.23. The van der Waals surface area contributed by atoms with Gasteiger partial charge in [0, 0.05) is 5.69 Å². The van der Waals surface area contributed by atoms with E-state index in [1.807, 2.05) is 50.2 Å². The summed E-state index contributed by atoms with van der Waals surface area (Å²) in [7, 11) is 0. The van der Waals surface area contributed by atoms with Gasteiger partial charge in [-0.3, -0.25) is 0 Å². The average Bonchev–Trinajstić information content (AvgIpc) is 2.39. The molecule has 0 saturated heterocycles. The van der Waals surface area contributed by atoms with Crippen LogP contribution in [0.25, 0.3) is 0 Å². The Morgan fingerprint density at radius 1 is 1.21 bits per heavy atom. The van der Waals surface area contributed by atoms with E-state index in [1.54, 1.807) is 0 Å². The molecule has 0 aliphatic carbocycles. The first-order valence-electron chi connectivity index (χ1n) is 6.31. The predicted octanol–water partition coefficient (Wildman–Crippen LogP) is 2.77. The smallest absolute Gasteiger partial charge is 0.149 e. The number of anilines is 2. The zero-order chi connectivity index (χ0) is 13.7. The second-order valence-corrected chi connectivity index (χ2v) is 4.48. The maximum absolute atomic E-state index is 5.84. The summed E-state index contributed by atoms with van der Waals surface area (Å²) in [5.41, 5.74) is 8.62. The molecule has 0 bridgehead atoms. The number of benzene rings is 1. The molecule has 2 rings (SSSR count). The number of hydrogen-bond acceptors (Lipinski definition) is 4. The molecular formula is C15H19N3O. The lowest BCUT2D eigenvalue weighted by Crippen LogP contribution is -2.13. The van der Waals surface area contributed by atoms with Crippen molar-refractivity contribution in [3.8, 4) is 5.75 Å². The molecule has 0 radical (unpaired) electrons. The highest BCUT2D eigenvalue weighted by atomic mass is 16.5. The van der Waals surface area contributed by atoms with Crippen LogP contribution >= 0.6 is 0 Å². The van der Waals surface area contributed by atoms with Crippen molar-refractivity contribution in [3.63, 3.8) is 0 Å². The van der Waals surface area contributed by atoms with Crippen molar-refractivity contribution < 1.29 is 4.74 Å². The summed E-state index contributed by atoms with van der Waals surface area (Å²) >= 11 is 0. The molecule has 1 heterocycles. The van der Waals surface area contributed by atoms with E-state index in [0.717, 1.165) is 11.4 Å². The van der Waals surface area contributed by atoms with Crippen molar-refractivity contribution in [1.29, 1.82) is 0 Å². The van der Waals surface area contributed by atoms with Crippen LogP contribution in [0.1, 0.15) is 11.3 Å². The van der Waals surface area contributed by atoms with Gasteiger partial charge < -0.3 is 15.8 Å². The number of hydrogen-bond donors (Lipinski definition) is 2. The van der Waals surface area contributed by atoms with Crippen LogP contribution in [0.15, 0.2) is 36.4 Å². The summed E-state index contributed by atoms with van der Waals surface area (Å²) in [6, 6.07) is 11.7. The molecule has 0 saturated carbocycles. The van der Waals surface area contributed by atoms with Crippen molar-refractivity contribution in [2.75, 3.05) is 24.2 Å². The summed E-state index contributed by atoms with van der Waals surface area (Å²) < 4.78 is 5.65. The molecule has 4 heteroatoms. The van der Waals surface area contributed by atoms with E-state index in [9.17, 15) is 0 Å². The second kappa shape index (κ2) is 6.09. The Hall–Kier alpha value is -2.23. The maximum Gasteiger partial charge on any atom is 0.149 e. The molecule has 19 heavy (non-hydrogen) atoms. The highest BCUT2D eigenvalue weighted by molar-refractivity contribution is 5.61. The standard InChI is InChI=1S/C15H19N3O/c1-11-4-3-5-13(10-11)19-9-8-17-15-14(16)7-6-12(2)18-15/h3-7,10H,8-9,16H2,1-2H3,(H,17,18). The minimum atomic E-state index is 0.568. The van der Waals surface area contributed by atoms with E-state index in [1.165, 1.54) is 5.56 Å². The van der Waals surface area contributed by atoms with Gasteiger partial charge >= 0.3 is 0 Å². The molecule has 0 unspecified atom stereocenters. The van der Waals surface area contributed by atoms with Crippen LogP contribution < -0.4 is 15.8 Å². The van der Waals surface area contributed by atoms with Gasteiger partial charge in [0.2, 0.25) is 0 Å². The van der Waals surface area contributed by atoms with Crippen LogP contribution in [0.2, 0.25) is 0 Å². The molecule has 4 nitrogen and oxygen atoms in total. The van der Waals surface area contributed by atoms with Crippen LogP contribution in [-0.2, 0) is 0 Å². The van der Waals surface area contributed by atoms with Crippen molar-refractivity contribution in [1.82, 2.24) is 4.98 Å². The van der Waals surface area contributed by atoms with E-state index in [-0.39, 0.29) is 0 Å². The number of nitrogen functional groups attached to an aromatic ring is 1. The third-order valence-electron chi connectivity index (χ3n) is 2.72. The van der Waals surface area contributed by atoms with Gasteiger partial charge in [-0.1, -0.05) is 12.1 Å². The summed E-state index contributed by atoms with van der Waals surface area (Å²) in [6.45, 7) is 5.21. The summed E-state index contributed by atoms with van der Waals surface area (Å²) in [4.78, 5) is 4.34. The molecule has 0 spiro atoms. The van der Waals surface area contributed by atoms with Crippen LogP contribution in [0, 0.1) is 13.8 Å². The summed E-state index contributed by atoms with van der Waals surface area (Å²) in [6.07, 6.45) is 0. The van der Waals surface area contributed by atoms with Gasteiger partial charge in [0.15, 0.2) is 0 Å². The van der Waals surface area contributed by atoms with Crippen molar-refractivity contribution in [2.24, 2.45) is 0 Å². The molecule has 100 valence electrons. The Morgan fingerprint density at radius 3 is 2.84 bits per heavy atom. The third-order valence-corrected chi connectivity index (χ3v) is 2.72. The summed E-state index contributed by atoms with van der Waals surface area (Å²) in [5, 5.41) is 3.18. The fourth-order valence-corrected chi connectivity index (χ4v) is 1.75. The van der Waals surface area contributed by atoms with Gasteiger partial charge in [-0.15, -0.1) is 0 Å². The number of nitrogens with zero attached hydrogens (tertiary/aromatic N) is 1. The Morgan fingerprint density at radius 2 is 2.05 bits per heavy atom. The maximum atomic E-state index is 5.84.